The molecule has 0 saturated heterocycles. The van der Waals surface area contributed by atoms with Gasteiger partial charge in [0.2, 0.25) is 5.91 Å². The van der Waals surface area contributed by atoms with Gasteiger partial charge in [0, 0.05) is 24.4 Å². The van der Waals surface area contributed by atoms with Gasteiger partial charge in [-0.2, -0.15) is 0 Å². The topological polar surface area (TPSA) is 42.2 Å². The Hall–Kier alpha value is -1.74. The molecule has 0 atom stereocenters. The van der Waals surface area contributed by atoms with Crippen molar-refractivity contribution >= 4 is 23.2 Å². The van der Waals surface area contributed by atoms with Gasteiger partial charge in [-0.05, 0) is 42.7 Å². The van der Waals surface area contributed by atoms with Crippen molar-refractivity contribution < 1.29 is 9.21 Å². The molecule has 0 fully saturated rings. The lowest BCUT2D eigenvalue weighted by molar-refractivity contribution is -0.116. The maximum absolute atomic E-state index is 11.9. The van der Waals surface area contributed by atoms with Crippen LogP contribution in [0.1, 0.15) is 24.2 Å². The summed E-state index contributed by atoms with van der Waals surface area (Å²) in [6.07, 6.45) is 4.52. The van der Waals surface area contributed by atoms with E-state index in [1.807, 2.05) is 36.4 Å². The first kappa shape index (κ1) is 14.7. The minimum atomic E-state index is -0.00380. The number of amides is 1. The van der Waals surface area contributed by atoms with Gasteiger partial charge in [-0.15, -0.1) is 11.6 Å². The van der Waals surface area contributed by atoms with Gasteiger partial charge in [0.15, 0.2) is 0 Å². The quantitative estimate of drug-likeness (QED) is 0.783. The predicted octanol–water partition coefficient (Wildman–Crippen LogP) is 4.02. The smallest absolute Gasteiger partial charge is 0.224 e. The molecule has 0 aliphatic rings. The predicted molar refractivity (Wildman–Crippen MR) is 81.1 cm³/mol. The molecule has 2 rings (SSSR count). The van der Waals surface area contributed by atoms with Crippen molar-refractivity contribution in [2.75, 3.05) is 11.2 Å². The monoisotopic (exact) mass is 291 g/mol. The van der Waals surface area contributed by atoms with E-state index in [1.54, 1.807) is 6.26 Å². The fourth-order valence-corrected chi connectivity index (χ4v) is 2.12. The second-order valence-electron chi connectivity index (χ2n) is 4.62. The van der Waals surface area contributed by atoms with Crippen molar-refractivity contribution in [1.29, 1.82) is 0 Å². The standard InChI is InChI=1S/C16H18ClNO2/c17-10-2-5-13-4-1-6-14(12-13)18-16(19)9-8-15-7-3-11-20-15/h1,3-4,6-7,11-12H,2,5,8-10H2,(H,18,19). The molecule has 1 heterocycles. The van der Waals surface area contributed by atoms with E-state index in [9.17, 15) is 4.79 Å². The van der Waals surface area contributed by atoms with Crippen LogP contribution in [0.3, 0.4) is 0 Å². The summed E-state index contributed by atoms with van der Waals surface area (Å²) in [5.74, 6) is 1.48. The molecular formula is C16H18ClNO2. The van der Waals surface area contributed by atoms with Gasteiger partial charge >= 0.3 is 0 Å². The average molecular weight is 292 g/mol. The van der Waals surface area contributed by atoms with Crippen LogP contribution in [0, 0.1) is 0 Å². The molecule has 0 unspecified atom stereocenters. The molecule has 1 aromatic heterocycles. The van der Waals surface area contributed by atoms with Crippen molar-refractivity contribution in [1.82, 2.24) is 0 Å². The van der Waals surface area contributed by atoms with Gasteiger partial charge < -0.3 is 9.73 Å². The van der Waals surface area contributed by atoms with Crippen molar-refractivity contribution in [3.05, 3.63) is 54.0 Å². The Kier molecular flexibility index (Phi) is 5.69. The molecule has 20 heavy (non-hydrogen) atoms. The summed E-state index contributed by atoms with van der Waals surface area (Å²) < 4.78 is 5.21. The number of aryl methyl sites for hydroxylation is 2. The number of hydrogen-bond acceptors (Lipinski definition) is 2. The fraction of sp³-hybridized carbons (Fsp3) is 0.312. The van der Waals surface area contributed by atoms with Crippen LogP contribution in [0.4, 0.5) is 5.69 Å². The Morgan fingerprint density at radius 1 is 1.20 bits per heavy atom. The third-order valence-electron chi connectivity index (χ3n) is 2.99. The third-order valence-corrected chi connectivity index (χ3v) is 3.26. The Morgan fingerprint density at radius 2 is 2.10 bits per heavy atom. The molecule has 106 valence electrons. The molecule has 1 amide bonds. The summed E-state index contributed by atoms with van der Waals surface area (Å²) in [6.45, 7) is 0. The molecule has 1 N–H and O–H groups in total. The zero-order valence-corrected chi connectivity index (χ0v) is 12.0. The largest absolute Gasteiger partial charge is 0.469 e. The maximum Gasteiger partial charge on any atom is 0.224 e. The summed E-state index contributed by atoms with van der Waals surface area (Å²) in [4.78, 5) is 11.9. The molecule has 1 aromatic carbocycles. The van der Waals surface area contributed by atoms with Crippen molar-refractivity contribution in [3.8, 4) is 0 Å². The summed E-state index contributed by atoms with van der Waals surface area (Å²) >= 11 is 5.69. The number of hydrogen-bond donors (Lipinski definition) is 1. The summed E-state index contributed by atoms with van der Waals surface area (Å²) in [7, 11) is 0. The Labute approximate surface area is 123 Å². The highest BCUT2D eigenvalue weighted by Gasteiger charge is 2.05. The Balaban J connectivity index is 1.84. The highest BCUT2D eigenvalue weighted by molar-refractivity contribution is 6.17. The second kappa shape index (κ2) is 7.75. The average Bonchev–Trinajstić information content (AvgIpc) is 2.97. The number of carbonyl (C=O) groups excluding carboxylic acids is 1. The van der Waals surface area contributed by atoms with Crippen molar-refractivity contribution in [2.45, 2.75) is 25.7 Å². The normalized spacial score (nSPS) is 10.4. The number of rotatable bonds is 7. The zero-order chi connectivity index (χ0) is 14.2. The summed E-state index contributed by atoms with van der Waals surface area (Å²) in [5, 5.41) is 2.91. The number of halogens is 1. The van der Waals surface area contributed by atoms with E-state index in [2.05, 4.69) is 5.32 Å². The van der Waals surface area contributed by atoms with Crippen LogP contribution in [0.2, 0.25) is 0 Å². The molecule has 0 radical (unpaired) electrons. The van der Waals surface area contributed by atoms with Gasteiger partial charge in [0.25, 0.3) is 0 Å². The van der Waals surface area contributed by atoms with Crippen LogP contribution in [0.5, 0.6) is 0 Å². The molecule has 0 saturated carbocycles. The van der Waals surface area contributed by atoms with Crippen molar-refractivity contribution in [2.24, 2.45) is 0 Å². The van der Waals surface area contributed by atoms with Crippen LogP contribution in [0.25, 0.3) is 0 Å². The molecule has 0 aliphatic heterocycles. The molecule has 3 nitrogen and oxygen atoms in total. The van der Waals surface area contributed by atoms with E-state index in [0.29, 0.717) is 18.7 Å². The minimum absolute atomic E-state index is 0.00380. The van der Waals surface area contributed by atoms with E-state index < -0.39 is 0 Å². The van der Waals surface area contributed by atoms with Crippen LogP contribution >= 0.6 is 11.6 Å². The molecule has 4 heteroatoms. The van der Waals surface area contributed by atoms with Crippen LogP contribution in [0.15, 0.2) is 47.1 Å². The van der Waals surface area contributed by atoms with Gasteiger partial charge in [-0.25, -0.2) is 0 Å². The van der Waals surface area contributed by atoms with Gasteiger partial charge in [0.1, 0.15) is 5.76 Å². The van der Waals surface area contributed by atoms with E-state index in [0.717, 1.165) is 24.3 Å². The summed E-state index contributed by atoms with van der Waals surface area (Å²) in [5.41, 5.74) is 2.02. The first-order valence-electron chi connectivity index (χ1n) is 6.75. The van der Waals surface area contributed by atoms with Crippen LogP contribution < -0.4 is 5.32 Å². The Bertz CT molecular complexity index is 537. The molecular weight excluding hydrogens is 274 g/mol. The lowest BCUT2D eigenvalue weighted by Crippen LogP contribution is -2.12. The number of alkyl halides is 1. The van der Waals surface area contributed by atoms with Crippen molar-refractivity contribution in [3.63, 3.8) is 0 Å². The molecule has 0 spiro atoms. The van der Waals surface area contributed by atoms with E-state index >= 15 is 0 Å². The number of anilines is 1. The van der Waals surface area contributed by atoms with E-state index in [-0.39, 0.29) is 5.91 Å². The van der Waals surface area contributed by atoms with E-state index in [4.69, 9.17) is 16.0 Å². The zero-order valence-electron chi connectivity index (χ0n) is 11.3. The lowest BCUT2D eigenvalue weighted by Gasteiger charge is -2.07. The first-order valence-corrected chi connectivity index (χ1v) is 7.28. The Morgan fingerprint density at radius 3 is 2.85 bits per heavy atom. The summed E-state index contributed by atoms with van der Waals surface area (Å²) in [6, 6.07) is 11.6. The molecule has 0 aliphatic carbocycles. The van der Waals surface area contributed by atoms with Crippen LogP contribution in [-0.2, 0) is 17.6 Å². The highest BCUT2D eigenvalue weighted by Crippen LogP contribution is 2.13. The molecule has 2 aromatic rings. The number of nitrogens with one attached hydrogen (secondary N) is 1. The third kappa shape index (κ3) is 4.74. The number of furan rings is 1. The highest BCUT2D eigenvalue weighted by atomic mass is 35.5. The molecule has 0 bridgehead atoms. The van der Waals surface area contributed by atoms with Gasteiger partial charge in [-0.3, -0.25) is 4.79 Å². The fourth-order valence-electron chi connectivity index (χ4n) is 1.99. The SMILES string of the molecule is O=C(CCc1ccco1)Nc1cccc(CCCCl)c1. The van der Waals surface area contributed by atoms with Gasteiger partial charge in [0.05, 0.1) is 6.26 Å². The number of benzene rings is 1. The number of carbonyl (C=O) groups is 1. The van der Waals surface area contributed by atoms with Gasteiger partial charge in [-0.1, -0.05) is 12.1 Å². The first-order chi connectivity index (χ1) is 9.78. The minimum Gasteiger partial charge on any atom is -0.469 e. The maximum atomic E-state index is 11.9. The second-order valence-corrected chi connectivity index (χ2v) is 5.00. The lowest BCUT2D eigenvalue weighted by atomic mass is 10.1. The van der Waals surface area contributed by atoms with E-state index in [1.165, 1.54) is 5.56 Å². The van der Waals surface area contributed by atoms with Crippen LogP contribution in [-0.4, -0.2) is 11.8 Å².